The van der Waals surface area contributed by atoms with Crippen LogP contribution in [0, 0.1) is 0 Å². The van der Waals surface area contributed by atoms with Gasteiger partial charge in [0.05, 0.1) is 0 Å². The maximum Gasteiger partial charge on any atom is 0.0376 e. The lowest BCUT2D eigenvalue weighted by Crippen LogP contribution is -2.30. The van der Waals surface area contributed by atoms with Crippen LogP contribution in [0.15, 0.2) is 18.2 Å². The number of fused-ring (bicyclic) bond motifs is 1. The van der Waals surface area contributed by atoms with E-state index in [1.54, 1.807) is 0 Å². The molecule has 0 amide bonds. The summed E-state index contributed by atoms with van der Waals surface area (Å²) in [6.07, 6.45) is 8.16. The molecule has 2 N–H and O–H groups in total. The molecule has 17 heavy (non-hydrogen) atoms. The van der Waals surface area contributed by atoms with Crippen molar-refractivity contribution in [2.75, 3.05) is 11.9 Å². The predicted octanol–water partition coefficient (Wildman–Crippen LogP) is 3.08. The van der Waals surface area contributed by atoms with E-state index in [0.29, 0.717) is 0 Å². The van der Waals surface area contributed by atoms with Gasteiger partial charge in [-0.25, -0.2) is 0 Å². The molecule has 0 atom stereocenters. The molecule has 0 radical (unpaired) electrons. The van der Waals surface area contributed by atoms with Crippen LogP contribution in [-0.2, 0) is 13.0 Å². The van der Waals surface area contributed by atoms with Gasteiger partial charge >= 0.3 is 0 Å². The van der Waals surface area contributed by atoms with E-state index in [1.807, 2.05) is 0 Å². The molecule has 0 spiro atoms. The second kappa shape index (κ2) is 5.09. The van der Waals surface area contributed by atoms with Gasteiger partial charge in [-0.1, -0.05) is 31.4 Å². The molecule has 0 aromatic heterocycles. The highest BCUT2D eigenvalue weighted by atomic mass is 14.9. The van der Waals surface area contributed by atoms with Crippen molar-refractivity contribution in [2.24, 2.45) is 0 Å². The van der Waals surface area contributed by atoms with E-state index in [0.717, 1.165) is 19.1 Å². The first-order chi connectivity index (χ1) is 8.42. The predicted molar refractivity (Wildman–Crippen MR) is 72.3 cm³/mol. The fraction of sp³-hybridized carbons (Fsp3) is 0.600. The highest BCUT2D eigenvalue weighted by Crippen LogP contribution is 2.23. The molecular weight excluding hydrogens is 208 g/mol. The Balaban J connectivity index is 1.57. The lowest BCUT2D eigenvalue weighted by Gasteiger charge is -2.23. The van der Waals surface area contributed by atoms with Crippen LogP contribution < -0.4 is 10.6 Å². The van der Waals surface area contributed by atoms with Gasteiger partial charge in [0.25, 0.3) is 0 Å². The molecule has 1 aromatic rings. The van der Waals surface area contributed by atoms with Crippen LogP contribution in [0.5, 0.6) is 0 Å². The minimum Gasteiger partial charge on any atom is -0.384 e. The van der Waals surface area contributed by atoms with Gasteiger partial charge in [0, 0.05) is 24.8 Å². The highest BCUT2D eigenvalue weighted by molar-refractivity contribution is 5.56. The Morgan fingerprint density at radius 2 is 2.06 bits per heavy atom. The summed E-state index contributed by atoms with van der Waals surface area (Å²) in [4.78, 5) is 0. The summed E-state index contributed by atoms with van der Waals surface area (Å²) >= 11 is 0. The summed E-state index contributed by atoms with van der Waals surface area (Å²) in [6.45, 7) is 2.13. The second-order valence-electron chi connectivity index (χ2n) is 5.38. The van der Waals surface area contributed by atoms with Crippen molar-refractivity contribution in [3.8, 4) is 0 Å². The maximum absolute atomic E-state index is 3.70. The Bertz CT molecular complexity index is 381. The monoisotopic (exact) mass is 230 g/mol. The van der Waals surface area contributed by atoms with E-state index in [2.05, 4.69) is 28.8 Å². The summed E-state index contributed by atoms with van der Waals surface area (Å²) in [5.74, 6) is 0. The van der Waals surface area contributed by atoms with E-state index < -0.39 is 0 Å². The third-order valence-electron chi connectivity index (χ3n) is 4.08. The van der Waals surface area contributed by atoms with Crippen LogP contribution >= 0.6 is 0 Å². The van der Waals surface area contributed by atoms with Gasteiger partial charge < -0.3 is 10.6 Å². The van der Waals surface area contributed by atoms with Crippen molar-refractivity contribution in [2.45, 2.75) is 51.1 Å². The van der Waals surface area contributed by atoms with Crippen LogP contribution in [0.2, 0.25) is 0 Å². The summed E-state index contributed by atoms with van der Waals surface area (Å²) < 4.78 is 0. The van der Waals surface area contributed by atoms with E-state index in [-0.39, 0.29) is 0 Å². The van der Waals surface area contributed by atoms with Gasteiger partial charge in [-0.2, -0.15) is 0 Å². The van der Waals surface area contributed by atoms with Gasteiger partial charge in [-0.15, -0.1) is 0 Å². The Kier molecular flexibility index (Phi) is 3.32. The van der Waals surface area contributed by atoms with Crippen molar-refractivity contribution in [1.82, 2.24) is 5.32 Å². The van der Waals surface area contributed by atoms with Gasteiger partial charge in [-0.05, 0) is 36.5 Å². The molecule has 1 aromatic carbocycles. The van der Waals surface area contributed by atoms with Crippen molar-refractivity contribution < 1.29 is 0 Å². The van der Waals surface area contributed by atoms with Crippen LogP contribution in [0.1, 0.15) is 43.2 Å². The minimum atomic E-state index is 0.755. The van der Waals surface area contributed by atoms with Gasteiger partial charge in [-0.3, -0.25) is 0 Å². The summed E-state index contributed by atoms with van der Waals surface area (Å²) in [5.41, 5.74) is 4.25. The first-order valence-corrected chi connectivity index (χ1v) is 7.01. The molecule has 0 unspecified atom stereocenters. The Morgan fingerprint density at radius 3 is 2.94 bits per heavy atom. The van der Waals surface area contributed by atoms with E-state index in [9.17, 15) is 0 Å². The number of nitrogens with one attached hydrogen (secondary N) is 2. The Labute approximate surface area is 104 Å². The molecule has 2 nitrogen and oxygen atoms in total. The summed E-state index contributed by atoms with van der Waals surface area (Å²) in [6, 6.07) is 7.64. The maximum atomic E-state index is 3.70. The molecule has 1 saturated carbocycles. The molecule has 3 rings (SSSR count). The molecule has 0 bridgehead atoms. The zero-order chi connectivity index (χ0) is 11.5. The fourth-order valence-electron chi connectivity index (χ4n) is 3.02. The molecule has 2 aliphatic rings. The number of hydrogen-bond acceptors (Lipinski definition) is 2. The van der Waals surface area contributed by atoms with Crippen LogP contribution in [0.3, 0.4) is 0 Å². The van der Waals surface area contributed by atoms with Crippen molar-refractivity contribution >= 4 is 5.69 Å². The van der Waals surface area contributed by atoms with Crippen LogP contribution in [0.4, 0.5) is 5.69 Å². The SMILES string of the molecule is c1cc2c(cc1CNC1CCCCC1)NCC2. The molecule has 1 fully saturated rings. The minimum absolute atomic E-state index is 0.755. The number of anilines is 1. The lowest BCUT2D eigenvalue weighted by atomic mass is 9.95. The zero-order valence-electron chi connectivity index (χ0n) is 10.5. The third kappa shape index (κ3) is 2.63. The molecule has 2 heteroatoms. The molecule has 1 aliphatic carbocycles. The average Bonchev–Trinajstić information content (AvgIpc) is 2.85. The van der Waals surface area contributed by atoms with Gasteiger partial charge in [0.2, 0.25) is 0 Å². The Hall–Kier alpha value is -1.02. The van der Waals surface area contributed by atoms with Crippen LogP contribution in [-0.4, -0.2) is 12.6 Å². The zero-order valence-corrected chi connectivity index (χ0v) is 10.5. The van der Waals surface area contributed by atoms with E-state index >= 15 is 0 Å². The quantitative estimate of drug-likeness (QED) is 0.834. The number of hydrogen-bond donors (Lipinski definition) is 2. The van der Waals surface area contributed by atoms with E-state index in [1.165, 1.54) is 55.3 Å². The number of rotatable bonds is 3. The highest BCUT2D eigenvalue weighted by Gasteiger charge is 2.13. The molecular formula is C15H22N2. The number of benzene rings is 1. The largest absolute Gasteiger partial charge is 0.384 e. The van der Waals surface area contributed by atoms with Gasteiger partial charge in [0.15, 0.2) is 0 Å². The molecule has 1 heterocycles. The summed E-state index contributed by atoms with van der Waals surface area (Å²) in [5, 5.41) is 7.15. The van der Waals surface area contributed by atoms with Crippen molar-refractivity contribution in [1.29, 1.82) is 0 Å². The fourth-order valence-corrected chi connectivity index (χ4v) is 3.02. The second-order valence-corrected chi connectivity index (χ2v) is 5.38. The molecule has 1 aliphatic heterocycles. The molecule has 0 saturated heterocycles. The summed E-state index contributed by atoms with van der Waals surface area (Å²) in [7, 11) is 0. The third-order valence-corrected chi connectivity index (χ3v) is 4.08. The average molecular weight is 230 g/mol. The first kappa shape index (κ1) is 11.1. The topological polar surface area (TPSA) is 24.1 Å². The molecule has 92 valence electrons. The smallest absolute Gasteiger partial charge is 0.0376 e. The van der Waals surface area contributed by atoms with Crippen molar-refractivity contribution in [3.63, 3.8) is 0 Å². The van der Waals surface area contributed by atoms with Crippen molar-refractivity contribution in [3.05, 3.63) is 29.3 Å². The van der Waals surface area contributed by atoms with E-state index in [4.69, 9.17) is 0 Å². The Morgan fingerprint density at radius 1 is 1.18 bits per heavy atom. The standard InChI is InChI=1S/C15H22N2/c1-2-4-14(5-3-1)17-11-12-6-7-13-8-9-16-15(13)10-12/h6-7,10,14,16-17H,1-5,8-9,11H2. The van der Waals surface area contributed by atoms with Gasteiger partial charge in [0.1, 0.15) is 0 Å². The van der Waals surface area contributed by atoms with Crippen LogP contribution in [0.25, 0.3) is 0 Å². The lowest BCUT2D eigenvalue weighted by molar-refractivity contribution is 0.372. The normalized spacial score (nSPS) is 20.0. The first-order valence-electron chi connectivity index (χ1n) is 7.01.